The highest BCUT2D eigenvalue weighted by Crippen LogP contribution is 2.18. The molecule has 0 aromatic rings. The van der Waals surface area contributed by atoms with Crippen LogP contribution in [0.5, 0.6) is 0 Å². The summed E-state index contributed by atoms with van der Waals surface area (Å²) in [5, 5.41) is 0. The first kappa shape index (κ1) is 16.7. The summed E-state index contributed by atoms with van der Waals surface area (Å²) in [6, 6.07) is 0. The zero-order valence-corrected chi connectivity index (χ0v) is 11.9. The van der Waals surface area contributed by atoms with Gasteiger partial charge in [0.2, 0.25) is 0 Å². The topological polar surface area (TPSA) is 52.6 Å². The molecule has 0 amide bonds. The second-order valence-corrected chi connectivity index (χ2v) is 3.86. The van der Waals surface area contributed by atoms with Crippen molar-refractivity contribution in [1.82, 2.24) is 0 Å². The maximum absolute atomic E-state index is 11.9. The minimum Gasteiger partial charge on any atom is -0.463 e. The van der Waals surface area contributed by atoms with E-state index in [1.807, 2.05) is 13.8 Å². The lowest BCUT2D eigenvalue weighted by Gasteiger charge is -2.12. The molecule has 104 valence electrons. The van der Waals surface area contributed by atoms with Crippen molar-refractivity contribution >= 4 is 11.9 Å². The van der Waals surface area contributed by atoms with Crippen molar-refractivity contribution in [3.05, 3.63) is 11.1 Å². The van der Waals surface area contributed by atoms with Gasteiger partial charge in [-0.25, -0.2) is 9.59 Å². The average Bonchev–Trinajstić information content (AvgIpc) is 2.34. The Bertz CT molecular complexity index is 305. The third kappa shape index (κ3) is 5.34. The fraction of sp³-hybridized carbons (Fsp3) is 0.714. The average molecular weight is 256 g/mol. The van der Waals surface area contributed by atoms with Gasteiger partial charge in [0.05, 0.1) is 13.2 Å². The molecular weight excluding hydrogens is 232 g/mol. The van der Waals surface area contributed by atoms with E-state index in [2.05, 4.69) is 0 Å². The van der Waals surface area contributed by atoms with Gasteiger partial charge in [0.25, 0.3) is 0 Å². The van der Waals surface area contributed by atoms with E-state index in [0.717, 1.165) is 12.8 Å². The Morgan fingerprint density at radius 2 is 1.33 bits per heavy atom. The zero-order chi connectivity index (χ0) is 14.0. The Morgan fingerprint density at radius 3 is 1.72 bits per heavy atom. The van der Waals surface area contributed by atoms with Crippen LogP contribution in [0.4, 0.5) is 0 Å². The standard InChI is InChI=1S/C14H24O4/c1-5-9-10-12(14(16)18-8-4)11(6-2)13(15)17-7-3/h5-10H2,1-4H3. The lowest BCUT2D eigenvalue weighted by Crippen LogP contribution is -2.16. The summed E-state index contributed by atoms with van der Waals surface area (Å²) in [6.07, 6.45) is 2.87. The molecule has 0 atom stereocenters. The number of unbranched alkanes of at least 4 members (excludes halogenated alkanes) is 1. The van der Waals surface area contributed by atoms with Gasteiger partial charge in [0, 0.05) is 11.1 Å². The number of hydrogen-bond acceptors (Lipinski definition) is 4. The Morgan fingerprint density at radius 1 is 0.833 bits per heavy atom. The van der Waals surface area contributed by atoms with Gasteiger partial charge in [-0.2, -0.15) is 0 Å². The van der Waals surface area contributed by atoms with Crippen molar-refractivity contribution in [3.8, 4) is 0 Å². The van der Waals surface area contributed by atoms with Gasteiger partial charge in [-0.3, -0.25) is 0 Å². The first-order valence-corrected chi connectivity index (χ1v) is 6.68. The summed E-state index contributed by atoms with van der Waals surface area (Å²) in [6.45, 7) is 8.02. The minimum atomic E-state index is -0.404. The maximum Gasteiger partial charge on any atom is 0.334 e. The van der Waals surface area contributed by atoms with E-state index in [-0.39, 0.29) is 0 Å². The van der Waals surface area contributed by atoms with Gasteiger partial charge >= 0.3 is 11.9 Å². The highest BCUT2D eigenvalue weighted by molar-refractivity contribution is 6.00. The lowest BCUT2D eigenvalue weighted by molar-refractivity contribution is -0.142. The van der Waals surface area contributed by atoms with Gasteiger partial charge in [-0.1, -0.05) is 20.3 Å². The van der Waals surface area contributed by atoms with E-state index in [4.69, 9.17) is 9.47 Å². The van der Waals surface area contributed by atoms with Crippen molar-refractivity contribution in [2.75, 3.05) is 13.2 Å². The Balaban J connectivity index is 5.15. The number of carbonyl (C=O) groups excluding carboxylic acids is 2. The molecule has 0 spiro atoms. The highest BCUT2D eigenvalue weighted by Gasteiger charge is 2.21. The number of esters is 2. The predicted octanol–water partition coefficient (Wildman–Crippen LogP) is 3.01. The van der Waals surface area contributed by atoms with E-state index in [1.165, 1.54) is 0 Å². The predicted molar refractivity (Wildman–Crippen MR) is 70.1 cm³/mol. The monoisotopic (exact) mass is 256 g/mol. The largest absolute Gasteiger partial charge is 0.463 e. The van der Waals surface area contributed by atoms with Crippen molar-refractivity contribution in [1.29, 1.82) is 0 Å². The van der Waals surface area contributed by atoms with Gasteiger partial charge < -0.3 is 9.47 Å². The van der Waals surface area contributed by atoms with Crippen molar-refractivity contribution in [3.63, 3.8) is 0 Å². The second-order valence-electron chi connectivity index (χ2n) is 3.86. The van der Waals surface area contributed by atoms with Crippen molar-refractivity contribution < 1.29 is 19.1 Å². The van der Waals surface area contributed by atoms with Crippen LogP contribution < -0.4 is 0 Å². The van der Waals surface area contributed by atoms with Crippen LogP contribution in [0, 0.1) is 0 Å². The maximum atomic E-state index is 11.9. The normalized spacial score (nSPS) is 11.8. The summed E-state index contributed by atoms with van der Waals surface area (Å²) in [5.41, 5.74) is 0.920. The zero-order valence-electron chi connectivity index (χ0n) is 11.9. The number of hydrogen-bond donors (Lipinski definition) is 0. The molecule has 0 aromatic heterocycles. The Kier molecular flexibility index (Phi) is 8.97. The molecule has 0 heterocycles. The van der Waals surface area contributed by atoms with Crippen LogP contribution in [-0.4, -0.2) is 25.2 Å². The molecule has 0 aromatic carbocycles. The van der Waals surface area contributed by atoms with E-state index < -0.39 is 11.9 Å². The van der Waals surface area contributed by atoms with E-state index in [1.54, 1.807) is 13.8 Å². The lowest BCUT2D eigenvalue weighted by atomic mass is 10.0. The first-order valence-electron chi connectivity index (χ1n) is 6.68. The van der Waals surface area contributed by atoms with Crippen LogP contribution in [0.1, 0.15) is 53.4 Å². The summed E-state index contributed by atoms with van der Waals surface area (Å²) in [7, 11) is 0. The third-order valence-corrected chi connectivity index (χ3v) is 2.54. The molecule has 0 saturated heterocycles. The Labute approximate surface area is 109 Å². The molecule has 0 fully saturated rings. The molecule has 18 heavy (non-hydrogen) atoms. The fourth-order valence-corrected chi connectivity index (χ4v) is 1.65. The summed E-state index contributed by atoms with van der Waals surface area (Å²) in [4.78, 5) is 23.7. The molecule has 0 aliphatic rings. The molecule has 0 bridgehead atoms. The summed E-state index contributed by atoms with van der Waals surface area (Å²) >= 11 is 0. The molecule has 0 radical (unpaired) electrons. The molecular formula is C14H24O4. The van der Waals surface area contributed by atoms with Gasteiger partial charge in [-0.05, 0) is 33.1 Å². The quantitative estimate of drug-likeness (QED) is 0.495. The van der Waals surface area contributed by atoms with Gasteiger partial charge in [0.15, 0.2) is 0 Å². The second kappa shape index (κ2) is 9.68. The molecule has 0 rings (SSSR count). The number of carbonyl (C=O) groups is 2. The Hall–Kier alpha value is -1.32. The minimum absolute atomic E-state index is 0.312. The van der Waals surface area contributed by atoms with Crippen LogP contribution in [0.3, 0.4) is 0 Å². The van der Waals surface area contributed by atoms with E-state index in [0.29, 0.717) is 37.2 Å². The molecule has 0 N–H and O–H groups in total. The SMILES string of the molecule is CCCCC(C(=O)OCC)=C(CC)C(=O)OCC. The first-order chi connectivity index (χ1) is 8.62. The van der Waals surface area contributed by atoms with E-state index in [9.17, 15) is 9.59 Å². The molecule has 0 saturated carbocycles. The molecule has 4 nitrogen and oxygen atoms in total. The number of ether oxygens (including phenoxy) is 2. The van der Waals surface area contributed by atoms with Gasteiger partial charge in [-0.15, -0.1) is 0 Å². The summed E-state index contributed by atoms with van der Waals surface area (Å²) < 4.78 is 9.99. The molecule has 0 unspecified atom stereocenters. The molecule has 0 aliphatic heterocycles. The third-order valence-electron chi connectivity index (χ3n) is 2.54. The fourth-order valence-electron chi connectivity index (χ4n) is 1.65. The smallest absolute Gasteiger partial charge is 0.334 e. The van der Waals surface area contributed by atoms with Crippen LogP contribution in [0.2, 0.25) is 0 Å². The van der Waals surface area contributed by atoms with Crippen LogP contribution in [0.25, 0.3) is 0 Å². The highest BCUT2D eigenvalue weighted by atomic mass is 16.5. The molecule has 0 aliphatic carbocycles. The van der Waals surface area contributed by atoms with E-state index >= 15 is 0 Å². The number of rotatable bonds is 8. The van der Waals surface area contributed by atoms with Crippen molar-refractivity contribution in [2.45, 2.75) is 53.4 Å². The van der Waals surface area contributed by atoms with Gasteiger partial charge in [0.1, 0.15) is 0 Å². The van der Waals surface area contributed by atoms with Crippen molar-refractivity contribution in [2.24, 2.45) is 0 Å². The van der Waals surface area contributed by atoms with Crippen LogP contribution in [0.15, 0.2) is 11.1 Å². The molecule has 4 heteroatoms. The van der Waals surface area contributed by atoms with Crippen LogP contribution in [-0.2, 0) is 19.1 Å². The summed E-state index contributed by atoms with van der Waals surface area (Å²) in [5.74, 6) is -0.796. The van der Waals surface area contributed by atoms with Crippen LogP contribution >= 0.6 is 0 Å².